The second kappa shape index (κ2) is 3.89. The lowest BCUT2D eigenvalue weighted by atomic mass is 9.95. The van der Waals surface area contributed by atoms with Gasteiger partial charge in [-0.15, -0.1) is 0 Å². The van der Waals surface area contributed by atoms with Gasteiger partial charge in [-0.2, -0.15) is 0 Å². The quantitative estimate of drug-likeness (QED) is 0.654. The van der Waals surface area contributed by atoms with Crippen LogP contribution in [0, 0.1) is 6.92 Å². The number of aryl methyl sites for hydroxylation is 1. The Morgan fingerprint density at radius 1 is 1.33 bits per heavy atom. The molecule has 0 aromatic heterocycles. The van der Waals surface area contributed by atoms with E-state index < -0.39 is 0 Å². The summed E-state index contributed by atoms with van der Waals surface area (Å²) in [7, 11) is 0. The van der Waals surface area contributed by atoms with Crippen LogP contribution in [0.3, 0.4) is 0 Å². The maximum absolute atomic E-state index is 11.2. The van der Waals surface area contributed by atoms with Gasteiger partial charge in [0.05, 0.1) is 12.3 Å². The van der Waals surface area contributed by atoms with Gasteiger partial charge in [0.2, 0.25) is 0 Å². The first-order valence-electron chi connectivity index (χ1n) is 5.14. The van der Waals surface area contributed by atoms with Gasteiger partial charge in [0.25, 0.3) is 0 Å². The number of esters is 1. The Kier molecular flexibility index (Phi) is 2.58. The molecule has 0 radical (unpaired) electrons. The third-order valence-electron chi connectivity index (χ3n) is 2.71. The number of hydrogen-bond donors (Lipinski definition) is 0. The average Bonchev–Trinajstić information content (AvgIpc) is 2.61. The minimum Gasteiger partial charge on any atom is -0.431 e. The molecule has 1 aromatic carbocycles. The summed E-state index contributed by atoms with van der Waals surface area (Å²) in [5, 5.41) is 0. The molecule has 0 N–H and O–H groups in total. The van der Waals surface area contributed by atoms with Crippen molar-refractivity contribution in [2.45, 2.75) is 26.2 Å². The Hall–Kier alpha value is -1.57. The predicted molar refractivity (Wildman–Crippen MR) is 58.4 cm³/mol. The first-order chi connectivity index (χ1) is 7.20. The first kappa shape index (κ1) is 9.97. The van der Waals surface area contributed by atoms with Crippen LogP contribution in [0.2, 0.25) is 0 Å². The lowest BCUT2D eigenvalue weighted by Gasteiger charge is -2.08. The molecule has 1 saturated heterocycles. The van der Waals surface area contributed by atoms with E-state index in [4.69, 9.17) is 4.74 Å². The van der Waals surface area contributed by atoms with E-state index in [1.807, 2.05) is 13.0 Å². The van der Waals surface area contributed by atoms with Crippen LogP contribution in [-0.2, 0) is 9.53 Å². The second-order valence-corrected chi connectivity index (χ2v) is 3.83. The third kappa shape index (κ3) is 1.94. The number of cyclic esters (lactones) is 1. The van der Waals surface area contributed by atoms with Gasteiger partial charge in [-0.3, -0.25) is 4.79 Å². The zero-order valence-corrected chi connectivity index (χ0v) is 8.99. The molecule has 1 aromatic rings. The smallest absolute Gasteiger partial charge is 0.311 e. The molecule has 2 rings (SSSR count). The highest BCUT2D eigenvalue weighted by Crippen LogP contribution is 2.34. The molecular weight excluding hydrogens is 188 g/mol. The summed E-state index contributed by atoms with van der Waals surface area (Å²) in [5.74, 6) is 0.764. The normalized spacial score (nSPS) is 23.2. The fraction of sp³-hybridized carbons (Fsp3) is 0.308. The summed E-state index contributed by atoms with van der Waals surface area (Å²) in [4.78, 5) is 11.2. The van der Waals surface area contributed by atoms with Gasteiger partial charge in [0.15, 0.2) is 0 Å². The standard InChI is InChI=1S/C13H14O2/c1-3-12-11(8-13(14)15-12)10-6-4-9(2)5-7-10/h3-7,11H,8H2,1-2H3/b12-3+. The molecule has 0 spiro atoms. The fourth-order valence-corrected chi connectivity index (χ4v) is 1.85. The second-order valence-electron chi connectivity index (χ2n) is 3.83. The zero-order valence-electron chi connectivity index (χ0n) is 8.99. The van der Waals surface area contributed by atoms with Gasteiger partial charge in [-0.1, -0.05) is 29.8 Å². The Morgan fingerprint density at radius 2 is 2.00 bits per heavy atom. The highest BCUT2D eigenvalue weighted by molar-refractivity contribution is 5.76. The van der Waals surface area contributed by atoms with Gasteiger partial charge >= 0.3 is 5.97 Å². The number of ether oxygens (including phenoxy) is 1. The average molecular weight is 202 g/mol. The molecule has 1 heterocycles. The van der Waals surface area contributed by atoms with Crippen molar-refractivity contribution in [1.29, 1.82) is 0 Å². The van der Waals surface area contributed by atoms with Crippen molar-refractivity contribution >= 4 is 5.97 Å². The molecule has 1 atom stereocenters. The van der Waals surface area contributed by atoms with Crippen molar-refractivity contribution in [3.05, 3.63) is 47.2 Å². The van der Waals surface area contributed by atoms with Gasteiger partial charge in [0.1, 0.15) is 5.76 Å². The minimum atomic E-state index is -0.131. The Balaban J connectivity index is 2.31. The Morgan fingerprint density at radius 3 is 2.60 bits per heavy atom. The summed E-state index contributed by atoms with van der Waals surface area (Å²) in [5.41, 5.74) is 2.38. The van der Waals surface area contributed by atoms with E-state index in [0.717, 1.165) is 11.3 Å². The molecule has 15 heavy (non-hydrogen) atoms. The van der Waals surface area contributed by atoms with Crippen LogP contribution in [0.15, 0.2) is 36.1 Å². The van der Waals surface area contributed by atoms with E-state index in [2.05, 4.69) is 31.2 Å². The number of hydrogen-bond acceptors (Lipinski definition) is 2. The largest absolute Gasteiger partial charge is 0.431 e. The van der Waals surface area contributed by atoms with Crippen LogP contribution in [0.25, 0.3) is 0 Å². The monoisotopic (exact) mass is 202 g/mol. The highest BCUT2D eigenvalue weighted by atomic mass is 16.5. The molecule has 2 heteroatoms. The van der Waals surface area contributed by atoms with E-state index in [9.17, 15) is 4.79 Å². The molecular formula is C13H14O2. The minimum absolute atomic E-state index is 0.114. The van der Waals surface area contributed by atoms with Crippen LogP contribution in [-0.4, -0.2) is 5.97 Å². The maximum atomic E-state index is 11.2. The van der Waals surface area contributed by atoms with Crippen molar-refractivity contribution in [3.8, 4) is 0 Å². The van der Waals surface area contributed by atoms with Crippen LogP contribution in [0.4, 0.5) is 0 Å². The topological polar surface area (TPSA) is 26.3 Å². The van der Waals surface area contributed by atoms with Gasteiger partial charge in [-0.05, 0) is 25.5 Å². The van der Waals surface area contributed by atoms with Gasteiger partial charge in [-0.25, -0.2) is 0 Å². The van der Waals surface area contributed by atoms with Crippen molar-refractivity contribution in [1.82, 2.24) is 0 Å². The summed E-state index contributed by atoms with van der Waals surface area (Å²) < 4.78 is 5.13. The number of benzene rings is 1. The Bertz CT molecular complexity index is 401. The van der Waals surface area contributed by atoms with Crippen molar-refractivity contribution in [2.75, 3.05) is 0 Å². The maximum Gasteiger partial charge on any atom is 0.311 e. The molecule has 1 fully saturated rings. The van der Waals surface area contributed by atoms with Gasteiger partial charge < -0.3 is 4.74 Å². The summed E-state index contributed by atoms with van der Waals surface area (Å²) >= 11 is 0. The van der Waals surface area contributed by atoms with Crippen LogP contribution < -0.4 is 0 Å². The van der Waals surface area contributed by atoms with Crippen LogP contribution in [0.1, 0.15) is 30.4 Å². The summed E-state index contributed by atoms with van der Waals surface area (Å²) in [6, 6.07) is 8.24. The van der Waals surface area contributed by atoms with E-state index in [1.54, 1.807) is 0 Å². The molecule has 0 bridgehead atoms. The molecule has 0 saturated carbocycles. The van der Waals surface area contributed by atoms with Gasteiger partial charge in [0, 0.05) is 0 Å². The molecule has 0 amide bonds. The summed E-state index contributed by atoms with van der Waals surface area (Å²) in [6.45, 7) is 3.95. The SMILES string of the molecule is C/C=C1/OC(=O)CC1c1ccc(C)cc1. The van der Waals surface area contributed by atoms with Crippen LogP contribution >= 0.6 is 0 Å². The van der Waals surface area contributed by atoms with Crippen molar-refractivity contribution < 1.29 is 9.53 Å². The van der Waals surface area contributed by atoms with E-state index in [-0.39, 0.29) is 11.9 Å². The molecule has 2 nitrogen and oxygen atoms in total. The molecule has 1 unspecified atom stereocenters. The lowest BCUT2D eigenvalue weighted by molar-refractivity contribution is -0.135. The number of carbonyl (C=O) groups is 1. The molecule has 0 aliphatic carbocycles. The first-order valence-corrected chi connectivity index (χ1v) is 5.14. The molecule has 1 aliphatic rings. The zero-order chi connectivity index (χ0) is 10.8. The molecule has 1 aliphatic heterocycles. The fourth-order valence-electron chi connectivity index (χ4n) is 1.85. The van der Waals surface area contributed by atoms with Crippen LogP contribution in [0.5, 0.6) is 0 Å². The molecule has 78 valence electrons. The highest BCUT2D eigenvalue weighted by Gasteiger charge is 2.30. The number of rotatable bonds is 1. The van der Waals surface area contributed by atoms with E-state index in [1.165, 1.54) is 5.56 Å². The number of allylic oxidation sites excluding steroid dienone is 2. The summed E-state index contributed by atoms with van der Waals surface area (Å²) in [6.07, 6.45) is 2.33. The van der Waals surface area contributed by atoms with Crippen molar-refractivity contribution in [2.24, 2.45) is 0 Å². The lowest BCUT2D eigenvalue weighted by Crippen LogP contribution is -1.96. The number of carbonyl (C=O) groups excluding carboxylic acids is 1. The van der Waals surface area contributed by atoms with E-state index >= 15 is 0 Å². The van der Waals surface area contributed by atoms with E-state index in [0.29, 0.717) is 6.42 Å². The third-order valence-corrected chi connectivity index (χ3v) is 2.71. The van der Waals surface area contributed by atoms with Crippen molar-refractivity contribution in [3.63, 3.8) is 0 Å². The predicted octanol–water partition coefficient (Wildman–Crippen LogP) is 2.93. The Labute approximate surface area is 89.6 Å².